The number of methoxy groups -OCH3 is 1. The number of nitro groups is 1. The number of anilines is 1. The van der Waals surface area contributed by atoms with Gasteiger partial charge in [0.1, 0.15) is 5.75 Å². The van der Waals surface area contributed by atoms with Gasteiger partial charge in [0.05, 0.1) is 22.6 Å². The number of nitrogens with zero attached hydrogens (tertiary/aromatic N) is 2. The Morgan fingerprint density at radius 1 is 1.10 bits per heavy atom. The van der Waals surface area contributed by atoms with Crippen LogP contribution >= 0.6 is 0 Å². The lowest BCUT2D eigenvalue weighted by atomic mass is 10.2. The van der Waals surface area contributed by atoms with Gasteiger partial charge in [0, 0.05) is 30.8 Å². The smallest absolute Gasteiger partial charge is 0.271 e. The van der Waals surface area contributed by atoms with Gasteiger partial charge in [-0.3, -0.25) is 14.9 Å². The molecule has 1 amide bonds. The van der Waals surface area contributed by atoms with Crippen LogP contribution in [0.25, 0.3) is 0 Å². The van der Waals surface area contributed by atoms with Gasteiger partial charge >= 0.3 is 0 Å². The van der Waals surface area contributed by atoms with Gasteiger partial charge < -0.3 is 10.1 Å². The highest BCUT2D eigenvalue weighted by atomic mass is 32.2. The zero-order valence-corrected chi connectivity index (χ0v) is 17.4. The summed E-state index contributed by atoms with van der Waals surface area (Å²) in [6.45, 7) is 0.924. The molecule has 0 bridgehead atoms. The van der Waals surface area contributed by atoms with Gasteiger partial charge in [0.2, 0.25) is 10.0 Å². The van der Waals surface area contributed by atoms with E-state index in [9.17, 15) is 23.3 Å². The molecule has 0 radical (unpaired) electrons. The lowest BCUT2D eigenvalue weighted by Gasteiger charge is -2.20. The molecule has 1 aliphatic heterocycles. The monoisotopic (exact) mass is 433 g/mol. The average molecular weight is 433 g/mol. The molecular weight excluding hydrogens is 410 g/mol. The number of hydrogen-bond acceptors (Lipinski definition) is 6. The molecule has 0 aliphatic carbocycles. The van der Waals surface area contributed by atoms with Crippen LogP contribution in [0.5, 0.6) is 5.75 Å². The Balaban J connectivity index is 1.86. The molecule has 1 aliphatic rings. The number of ether oxygens (including phenoxy) is 1. The molecule has 3 rings (SSSR count). The molecule has 30 heavy (non-hydrogen) atoms. The fourth-order valence-electron chi connectivity index (χ4n) is 3.33. The first-order chi connectivity index (χ1) is 14.3. The minimum Gasteiger partial charge on any atom is -0.495 e. The molecule has 2 aromatic rings. The molecule has 1 N–H and O–H groups in total. The predicted molar refractivity (Wildman–Crippen MR) is 111 cm³/mol. The third kappa shape index (κ3) is 4.77. The second-order valence-electron chi connectivity index (χ2n) is 6.94. The summed E-state index contributed by atoms with van der Waals surface area (Å²) < 4.78 is 32.6. The Morgan fingerprint density at radius 2 is 1.80 bits per heavy atom. The number of hydrogen-bond donors (Lipinski definition) is 1. The second-order valence-corrected chi connectivity index (χ2v) is 8.88. The molecular formula is C20H23N3O6S. The van der Waals surface area contributed by atoms with E-state index >= 15 is 0 Å². The highest BCUT2D eigenvalue weighted by Crippen LogP contribution is 2.29. The van der Waals surface area contributed by atoms with Crippen LogP contribution in [0.2, 0.25) is 0 Å². The molecule has 2 aromatic carbocycles. The molecule has 10 heteroatoms. The maximum Gasteiger partial charge on any atom is 0.271 e. The topological polar surface area (TPSA) is 119 Å². The first-order valence-corrected chi connectivity index (χ1v) is 11.0. The maximum atomic E-state index is 13.0. The van der Waals surface area contributed by atoms with Crippen LogP contribution in [0.15, 0.2) is 47.4 Å². The summed E-state index contributed by atoms with van der Waals surface area (Å²) in [6, 6.07) is 9.61. The molecule has 0 spiro atoms. The SMILES string of the molecule is COc1ccc([N+](=O)[O-])cc1NC(=O)c1cccc(S(=O)(=O)N2CCCCCC2)c1. The highest BCUT2D eigenvalue weighted by Gasteiger charge is 2.26. The molecule has 0 unspecified atom stereocenters. The Hall–Kier alpha value is -2.98. The van der Waals surface area contributed by atoms with Crippen LogP contribution < -0.4 is 10.1 Å². The van der Waals surface area contributed by atoms with Crippen molar-refractivity contribution in [2.24, 2.45) is 0 Å². The van der Waals surface area contributed by atoms with Crippen LogP contribution in [0, 0.1) is 10.1 Å². The molecule has 0 saturated carbocycles. The zero-order valence-electron chi connectivity index (χ0n) is 16.5. The molecule has 1 heterocycles. The zero-order chi connectivity index (χ0) is 21.7. The van der Waals surface area contributed by atoms with Crippen molar-refractivity contribution < 1.29 is 22.9 Å². The fourth-order valence-corrected chi connectivity index (χ4v) is 4.89. The number of nitrogens with one attached hydrogen (secondary N) is 1. The van der Waals surface area contributed by atoms with Crippen molar-refractivity contribution in [3.8, 4) is 5.75 Å². The average Bonchev–Trinajstić information content (AvgIpc) is 3.04. The van der Waals surface area contributed by atoms with Gasteiger partial charge in [-0.1, -0.05) is 18.9 Å². The largest absolute Gasteiger partial charge is 0.495 e. The number of non-ortho nitro benzene ring substituents is 1. The summed E-state index contributed by atoms with van der Waals surface area (Å²) in [6.07, 6.45) is 3.62. The summed E-state index contributed by atoms with van der Waals surface area (Å²) in [5.74, 6) is -0.344. The van der Waals surface area contributed by atoms with Crippen molar-refractivity contribution in [3.05, 3.63) is 58.1 Å². The van der Waals surface area contributed by atoms with Gasteiger partial charge in [-0.25, -0.2) is 8.42 Å². The Kier molecular flexibility index (Phi) is 6.68. The van der Waals surface area contributed by atoms with Crippen molar-refractivity contribution in [3.63, 3.8) is 0 Å². The van der Waals surface area contributed by atoms with Crippen molar-refractivity contribution in [1.29, 1.82) is 0 Å². The lowest BCUT2D eigenvalue weighted by molar-refractivity contribution is -0.384. The second kappa shape index (κ2) is 9.23. The van der Waals surface area contributed by atoms with Crippen molar-refractivity contribution in [1.82, 2.24) is 4.31 Å². The first-order valence-electron chi connectivity index (χ1n) is 9.57. The number of sulfonamides is 1. The van der Waals surface area contributed by atoms with E-state index in [2.05, 4.69) is 5.32 Å². The van der Waals surface area contributed by atoms with E-state index in [1.807, 2.05) is 0 Å². The Labute approximate surface area is 174 Å². The molecule has 9 nitrogen and oxygen atoms in total. The van der Waals surface area contributed by atoms with E-state index in [0.29, 0.717) is 13.1 Å². The third-order valence-corrected chi connectivity index (χ3v) is 6.84. The number of rotatable bonds is 6. The van der Waals surface area contributed by atoms with Crippen LogP contribution in [0.1, 0.15) is 36.0 Å². The summed E-state index contributed by atoms with van der Waals surface area (Å²) >= 11 is 0. The van der Waals surface area contributed by atoms with Crippen molar-refractivity contribution in [2.75, 3.05) is 25.5 Å². The number of benzene rings is 2. The molecule has 1 fully saturated rings. The fraction of sp³-hybridized carbons (Fsp3) is 0.350. The maximum absolute atomic E-state index is 13.0. The standard InChI is InChI=1S/C20H23N3O6S/c1-29-19-10-9-16(23(25)26)14-18(19)21-20(24)15-7-6-8-17(13-15)30(27,28)22-11-4-2-3-5-12-22/h6-10,13-14H,2-5,11-12H2,1H3,(H,21,24). The van der Waals surface area contributed by atoms with E-state index in [1.165, 1.54) is 53.9 Å². The molecule has 0 aromatic heterocycles. The number of amides is 1. The summed E-state index contributed by atoms with van der Waals surface area (Å²) in [5.41, 5.74) is 0.0422. The van der Waals surface area contributed by atoms with E-state index in [1.54, 1.807) is 0 Å². The molecule has 1 saturated heterocycles. The van der Waals surface area contributed by atoms with Gasteiger partial charge in [0.15, 0.2) is 0 Å². The number of carbonyl (C=O) groups is 1. The van der Waals surface area contributed by atoms with Gasteiger partial charge in [-0.05, 0) is 37.1 Å². The minimum absolute atomic E-state index is 0.0445. The van der Waals surface area contributed by atoms with Crippen molar-refractivity contribution >= 4 is 27.3 Å². The van der Waals surface area contributed by atoms with E-state index in [4.69, 9.17) is 4.74 Å². The normalized spacial score (nSPS) is 15.2. The lowest BCUT2D eigenvalue weighted by Crippen LogP contribution is -2.32. The summed E-state index contributed by atoms with van der Waals surface area (Å²) in [5, 5.41) is 13.6. The summed E-state index contributed by atoms with van der Waals surface area (Å²) in [4.78, 5) is 23.2. The third-order valence-electron chi connectivity index (χ3n) is 4.94. The van der Waals surface area contributed by atoms with Crippen LogP contribution in [0.3, 0.4) is 0 Å². The first kappa shape index (κ1) is 21.7. The van der Waals surface area contributed by atoms with Crippen molar-refractivity contribution in [2.45, 2.75) is 30.6 Å². The minimum atomic E-state index is -3.71. The van der Waals surface area contributed by atoms with E-state index in [0.717, 1.165) is 25.7 Å². The van der Waals surface area contributed by atoms with E-state index < -0.39 is 20.9 Å². The van der Waals surface area contributed by atoms with Crippen LogP contribution in [0.4, 0.5) is 11.4 Å². The van der Waals surface area contributed by atoms with Gasteiger partial charge in [-0.15, -0.1) is 0 Å². The number of carbonyl (C=O) groups excluding carboxylic acids is 1. The van der Waals surface area contributed by atoms with E-state index in [-0.39, 0.29) is 27.6 Å². The molecule has 0 atom stereocenters. The Bertz CT molecular complexity index is 1050. The quantitative estimate of drug-likeness (QED) is 0.551. The van der Waals surface area contributed by atoms with Crippen LogP contribution in [-0.2, 0) is 10.0 Å². The Morgan fingerprint density at radius 3 is 2.43 bits per heavy atom. The van der Waals surface area contributed by atoms with Gasteiger partial charge in [-0.2, -0.15) is 4.31 Å². The molecule has 160 valence electrons. The van der Waals surface area contributed by atoms with Gasteiger partial charge in [0.25, 0.3) is 11.6 Å². The van der Waals surface area contributed by atoms with Crippen LogP contribution in [-0.4, -0.2) is 43.8 Å². The highest BCUT2D eigenvalue weighted by molar-refractivity contribution is 7.89. The summed E-state index contributed by atoms with van der Waals surface area (Å²) in [7, 11) is -2.33. The predicted octanol–water partition coefficient (Wildman–Crippen LogP) is 3.42. The number of nitro benzene ring substituents is 1.